The molecule has 2 fully saturated rings. The number of aromatic nitrogens is 2. The van der Waals surface area contributed by atoms with Crippen LogP contribution in [-0.4, -0.2) is 20.8 Å². The summed E-state index contributed by atoms with van der Waals surface area (Å²) in [5, 5.41) is 4.33. The molecule has 6 rings (SSSR count). The van der Waals surface area contributed by atoms with Gasteiger partial charge in [0.1, 0.15) is 5.75 Å². The molecule has 1 saturated heterocycles. The van der Waals surface area contributed by atoms with Gasteiger partial charge in [0.15, 0.2) is 5.11 Å². The van der Waals surface area contributed by atoms with E-state index in [9.17, 15) is 0 Å². The Balaban J connectivity index is 1.44. The number of nitrogens with zero attached hydrogens (tertiary/aromatic N) is 3. The number of anilines is 1. The highest BCUT2D eigenvalue weighted by molar-refractivity contribution is 7.80. The van der Waals surface area contributed by atoms with Crippen LogP contribution in [0.5, 0.6) is 5.75 Å². The van der Waals surface area contributed by atoms with Crippen LogP contribution in [0.3, 0.4) is 0 Å². The third kappa shape index (κ3) is 4.37. The maximum absolute atomic E-state index is 6.25. The van der Waals surface area contributed by atoms with Gasteiger partial charge in [-0.05, 0) is 113 Å². The third-order valence-electron chi connectivity index (χ3n) is 8.14. The predicted molar refractivity (Wildman–Crippen MR) is 157 cm³/mol. The highest BCUT2D eigenvalue weighted by atomic mass is 32.1. The molecule has 4 aromatic rings. The fourth-order valence-electron chi connectivity index (χ4n) is 6.22. The zero-order valence-corrected chi connectivity index (χ0v) is 23.0. The maximum Gasteiger partial charge on any atom is 0.174 e. The van der Waals surface area contributed by atoms with Crippen molar-refractivity contribution in [2.75, 3.05) is 4.90 Å². The first-order chi connectivity index (χ1) is 18.5. The number of ether oxygens (including phenoxy) is 1. The highest BCUT2D eigenvalue weighted by Crippen LogP contribution is 2.45. The van der Waals surface area contributed by atoms with Crippen molar-refractivity contribution in [1.82, 2.24) is 14.9 Å². The van der Waals surface area contributed by atoms with Gasteiger partial charge in [0, 0.05) is 34.5 Å². The van der Waals surface area contributed by atoms with Crippen molar-refractivity contribution in [2.45, 2.75) is 64.6 Å². The van der Waals surface area contributed by atoms with E-state index in [1.165, 1.54) is 41.0 Å². The minimum Gasteiger partial charge on any atom is -0.490 e. The number of benzene rings is 2. The molecule has 1 aliphatic heterocycles. The largest absolute Gasteiger partial charge is 0.490 e. The second-order valence-electron chi connectivity index (χ2n) is 10.4. The van der Waals surface area contributed by atoms with Gasteiger partial charge in [0.2, 0.25) is 0 Å². The summed E-state index contributed by atoms with van der Waals surface area (Å²) in [6.45, 7) is 6.65. The molecule has 194 valence electrons. The maximum atomic E-state index is 6.25. The van der Waals surface area contributed by atoms with Crippen LogP contribution in [0.4, 0.5) is 5.69 Å². The van der Waals surface area contributed by atoms with Crippen LogP contribution in [-0.2, 0) is 0 Å². The van der Waals surface area contributed by atoms with Crippen LogP contribution in [0.25, 0.3) is 5.69 Å². The zero-order chi connectivity index (χ0) is 26.2. The Hall–Kier alpha value is -3.64. The molecule has 0 bridgehead atoms. The molecule has 1 N–H and O–H groups in total. The van der Waals surface area contributed by atoms with Crippen LogP contribution in [0, 0.1) is 20.8 Å². The van der Waals surface area contributed by atoms with Gasteiger partial charge in [0.05, 0.1) is 23.9 Å². The van der Waals surface area contributed by atoms with Crippen molar-refractivity contribution >= 4 is 23.0 Å². The summed E-state index contributed by atoms with van der Waals surface area (Å²) in [4.78, 5) is 7.00. The summed E-state index contributed by atoms with van der Waals surface area (Å²) in [5.41, 5.74) is 8.20. The van der Waals surface area contributed by atoms with E-state index in [0.29, 0.717) is 11.2 Å². The lowest BCUT2D eigenvalue weighted by atomic mass is 9.93. The summed E-state index contributed by atoms with van der Waals surface area (Å²) in [5.74, 6) is 0.926. The monoisotopic (exact) mass is 522 g/mol. The SMILES string of the molecule is Cc1c([C@@H]2[C@@H](c3ccccn3)NC(=S)N2c2ccc(OC3CCCC3)cc2)c(C)n(-c2ccccc2)c1C. The fourth-order valence-corrected chi connectivity index (χ4v) is 6.56. The number of hydrogen-bond acceptors (Lipinski definition) is 3. The molecule has 2 aliphatic rings. The Bertz CT molecular complexity index is 1430. The Labute approximate surface area is 230 Å². The van der Waals surface area contributed by atoms with Gasteiger partial charge >= 0.3 is 0 Å². The minimum absolute atomic E-state index is 0.0531. The number of hydrogen-bond donors (Lipinski definition) is 1. The van der Waals surface area contributed by atoms with Crippen molar-refractivity contribution < 1.29 is 4.74 Å². The Morgan fingerprint density at radius 1 is 0.842 bits per heavy atom. The van der Waals surface area contributed by atoms with Crippen LogP contribution >= 0.6 is 12.2 Å². The fraction of sp³-hybridized carbons (Fsp3) is 0.312. The highest BCUT2D eigenvalue weighted by Gasteiger charge is 2.43. The molecule has 2 atom stereocenters. The average molecular weight is 523 g/mol. The zero-order valence-electron chi connectivity index (χ0n) is 22.2. The second kappa shape index (κ2) is 10.3. The summed E-state index contributed by atoms with van der Waals surface area (Å²) >= 11 is 5.99. The molecule has 0 amide bonds. The molecule has 2 aromatic carbocycles. The molecule has 1 saturated carbocycles. The predicted octanol–water partition coefficient (Wildman–Crippen LogP) is 7.30. The smallest absolute Gasteiger partial charge is 0.174 e. The number of para-hydroxylation sites is 1. The average Bonchev–Trinajstić information content (AvgIpc) is 3.63. The van der Waals surface area contributed by atoms with Crippen LogP contribution in [0.2, 0.25) is 0 Å². The molecular weight excluding hydrogens is 488 g/mol. The Kier molecular flexibility index (Phi) is 6.66. The van der Waals surface area contributed by atoms with Gasteiger partial charge in [-0.25, -0.2) is 0 Å². The van der Waals surface area contributed by atoms with Gasteiger partial charge in [-0.1, -0.05) is 24.3 Å². The molecule has 2 aromatic heterocycles. The van der Waals surface area contributed by atoms with E-state index in [4.69, 9.17) is 21.9 Å². The normalized spacial score (nSPS) is 19.7. The summed E-state index contributed by atoms with van der Waals surface area (Å²) in [7, 11) is 0. The molecule has 38 heavy (non-hydrogen) atoms. The molecule has 0 radical (unpaired) electrons. The van der Waals surface area contributed by atoms with E-state index in [1.54, 1.807) is 0 Å². The lowest BCUT2D eigenvalue weighted by molar-refractivity contribution is 0.210. The lowest BCUT2D eigenvalue weighted by Crippen LogP contribution is -2.29. The number of nitrogens with one attached hydrogen (secondary N) is 1. The van der Waals surface area contributed by atoms with E-state index in [2.05, 4.69) is 96.2 Å². The molecule has 5 nitrogen and oxygen atoms in total. The molecule has 0 unspecified atom stereocenters. The molecule has 6 heteroatoms. The van der Waals surface area contributed by atoms with Crippen molar-refractivity contribution in [3.63, 3.8) is 0 Å². The van der Waals surface area contributed by atoms with E-state index in [-0.39, 0.29) is 12.1 Å². The van der Waals surface area contributed by atoms with Gasteiger partial charge in [-0.2, -0.15) is 0 Å². The minimum atomic E-state index is -0.0819. The van der Waals surface area contributed by atoms with Crippen LogP contribution in [0.1, 0.15) is 66.0 Å². The first-order valence-corrected chi connectivity index (χ1v) is 13.9. The number of pyridine rings is 1. The lowest BCUT2D eigenvalue weighted by Gasteiger charge is -2.29. The molecule has 0 spiro atoms. The quantitative estimate of drug-likeness (QED) is 0.269. The first-order valence-electron chi connectivity index (χ1n) is 13.5. The van der Waals surface area contributed by atoms with Gasteiger partial charge in [-0.3, -0.25) is 4.98 Å². The van der Waals surface area contributed by atoms with Crippen molar-refractivity contribution in [1.29, 1.82) is 0 Å². The van der Waals surface area contributed by atoms with E-state index in [0.717, 1.165) is 30.0 Å². The molecular formula is C32H34N4OS. The van der Waals surface area contributed by atoms with Gasteiger partial charge in [-0.15, -0.1) is 0 Å². The third-order valence-corrected chi connectivity index (χ3v) is 8.45. The van der Waals surface area contributed by atoms with E-state index in [1.807, 2.05) is 18.3 Å². The molecule has 1 aliphatic carbocycles. The Morgan fingerprint density at radius 3 is 2.24 bits per heavy atom. The summed E-state index contributed by atoms with van der Waals surface area (Å²) in [6.07, 6.45) is 7.00. The van der Waals surface area contributed by atoms with Crippen molar-refractivity contribution in [3.05, 3.63) is 107 Å². The van der Waals surface area contributed by atoms with Crippen molar-refractivity contribution in [2.24, 2.45) is 0 Å². The standard InChI is InChI=1S/C32H34N4OS/c1-21-22(2)35(24-11-5-4-6-12-24)23(3)29(21)31-30(28-15-9-10-20-33-28)34-32(38)36(31)25-16-18-27(19-17-25)37-26-13-7-8-14-26/h4-6,9-12,15-20,26,30-31H,7-8,13-14H2,1-3H3,(H,34,38)/t30-,31-/m1/s1. The number of thiocarbonyl (C=S) groups is 1. The van der Waals surface area contributed by atoms with E-state index < -0.39 is 0 Å². The van der Waals surface area contributed by atoms with Gasteiger partial charge in [0.25, 0.3) is 0 Å². The second-order valence-corrected chi connectivity index (χ2v) is 10.8. The number of rotatable bonds is 6. The van der Waals surface area contributed by atoms with Gasteiger partial charge < -0.3 is 19.5 Å². The molecule has 3 heterocycles. The first kappa shape index (κ1) is 24.7. The Morgan fingerprint density at radius 2 is 1.55 bits per heavy atom. The topological polar surface area (TPSA) is 42.3 Å². The van der Waals surface area contributed by atoms with Crippen molar-refractivity contribution in [3.8, 4) is 11.4 Å². The van der Waals surface area contributed by atoms with Crippen LogP contribution < -0.4 is 15.0 Å². The van der Waals surface area contributed by atoms with E-state index >= 15 is 0 Å². The van der Waals surface area contributed by atoms with Crippen LogP contribution in [0.15, 0.2) is 79.0 Å². The summed E-state index contributed by atoms with van der Waals surface area (Å²) < 4.78 is 8.61. The summed E-state index contributed by atoms with van der Waals surface area (Å²) in [6, 6.07) is 25.0.